The number of esters is 2. The summed E-state index contributed by atoms with van der Waals surface area (Å²) in [6.07, 6.45) is 0.286. The Balaban J connectivity index is 2.76. The van der Waals surface area contributed by atoms with Gasteiger partial charge in [0.15, 0.2) is 0 Å². The lowest BCUT2D eigenvalue weighted by Gasteiger charge is -2.09. The summed E-state index contributed by atoms with van der Waals surface area (Å²) in [7, 11) is 1.35. The van der Waals surface area contributed by atoms with E-state index in [0.29, 0.717) is 23.6 Å². The van der Waals surface area contributed by atoms with Gasteiger partial charge in [0.25, 0.3) is 0 Å². The number of benzene rings is 1. The van der Waals surface area contributed by atoms with Crippen molar-refractivity contribution in [2.75, 3.05) is 25.2 Å². The van der Waals surface area contributed by atoms with Crippen LogP contribution in [-0.4, -0.2) is 31.4 Å². The number of ether oxygens (including phenoxy) is 2. The number of carbonyl (C=O) groups excluding carboxylic acids is 2. The molecule has 19 heavy (non-hydrogen) atoms. The molecule has 1 aromatic carbocycles. The zero-order valence-electron chi connectivity index (χ0n) is 11.0. The van der Waals surface area contributed by atoms with E-state index >= 15 is 0 Å². The highest BCUT2D eigenvalue weighted by Crippen LogP contribution is 2.26. The number of anilines is 1. The van der Waals surface area contributed by atoms with Gasteiger partial charge in [0.2, 0.25) is 0 Å². The molecule has 0 aromatic heterocycles. The van der Waals surface area contributed by atoms with Gasteiger partial charge in [-0.25, -0.2) is 4.79 Å². The van der Waals surface area contributed by atoms with Crippen LogP contribution >= 0.6 is 11.8 Å². The molecule has 1 aromatic rings. The number of hydrogen-bond acceptors (Lipinski definition) is 6. The molecule has 1 rings (SSSR count). The van der Waals surface area contributed by atoms with Crippen molar-refractivity contribution in [2.24, 2.45) is 0 Å². The summed E-state index contributed by atoms with van der Waals surface area (Å²) in [5.74, 6) is -0.154. The highest BCUT2D eigenvalue weighted by Gasteiger charge is 2.14. The largest absolute Gasteiger partial charge is 0.469 e. The Labute approximate surface area is 116 Å². The number of thioether (sulfide) groups is 1. The molecule has 0 saturated carbocycles. The van der Waals surface area contributed by atoms with Crippen LogP contribution in [0.15, 0.2) is 23.1 Å². The summed E-state index contributed by atoms with van der Waals surface area (Å²) < 4.78 is 9.53. The quantitative estimate of drug-likeness (QED) is 0.489. The maximum absolute atomic E-state index is 11.8. The normalized spacial score (nSPS) is 10.0. The Bertz CT molecular complexity index is 462. The maximum atomic E-state index is 11.8. The lowest BCUT2D eigenvalue weighted by atomic mass is 10.2. The van der Waals surface area contributed by atoms with Gasteiger partial charge in [-0.05, 0) is 25.1 Å². The zero-order chi connectivity index (χ0) is 14.3. The molecule has 0 heterocycles. The summed E-state index contributed by atoms with van der Waals surface area (Å²) in [6, 6.07) is 5.05. The van der Waals surface area contributed by atoms with Crippen LogP contribution in [0, 0.1) is 0 Å². The zero-order valence-corrected chi connectivity index (χ0v) is 11.8. The lowest BCUT2D eigenvalue weighted by molar-refractivity contribution is -0.140. The van der Waals surface area contributed by atoms with Crippen LogP contribution in [0.2, 0.25) is 0 Å². The number of rotatable bonds is 6. The lowest BCUT2D eigenvalue weighted by Crippen LogP contribution is -2.07. The first-order chi connectivity index (χ1) is 9.08. The molecule has 0 bridgehead atoms. The molecule has 0 aliphatic heterocycles. The Morgan fingerprint density at radius 3 is 2.74 bits per heavy atom. The van der Waals surface area contributed by atoms with E-state index in [9.17, 15) is 9.59 Å². The van der Waals surface area contributed by atoms with E-state index in [-0.39, 0.29) is 12.4 Å². The predicted octanol–water partition coefficient (Wildman–Crippen LogP) is 2.10. The number of nitrogens with two attached hydrogens (primary N) is 1. The highest BCUT2D eigenvalue weighted by atomic mass is 32.2. The molecule has 0 fully saturated rings. The summed E-state index contributed by atoms with van der Waals surface area (Å²) in [4.78, 5) is 23.6. The minimum absolute atomic E-state index is 0.277. The standard InChI is InChI=1S/C13H17NO4S/c1-3-18-13(16)10-8-9(14)4-5-11(10)19-7-6-12(15)17-2/h4-5,8H,3,6-7,14H2,1-2H3. The predicted molar refractivity (Wildman–Crippen MR) is 74.2 cm³/mol. The van der Waals surface area contributed by atoms with Gasteiger partial charge in [0.1, 0.15) is 0 Å². The van der Waals surface area contributed by atoms with E-state index in [4.69, 9.17) is 10.5 Å². The summed E-state index contributed by atoms with van der Waals surface area (Å²) >= 11 is 1.40. The molecule has 0 saturated heterocycles. The van der Waals surface area contributed by atoms with Crippen molar-refractivity contribution < 1.29 is 19.1 Å². The number of nitrogen functional groups attached to an aromatic ring is 1. The molecule has 0 atom stereocenters. The smallest absolute Gasteiger partial charge is 0.339 e. The number of carbonyl (C=O) groups is 2. The van der Waals surface area contributed by atoms with Crippen LogP contribution in [-0.2, 0) is 14.3 Å². The average molecular weight is 283 g/mol. The van der Waals surface area contributed by atoms with Crippen LogP contribution in [0.1, 0.15) is 23.7 Å². The number of methoxy groups -OCH3 is 1. The molecule has 5 nitrogen and oxygen atoms in total. The van der Waals surface area contributed by atoms with Gasteiger partial charge >= 0.3 is 11.9 Å². The SMILES string of the molecule is CCOC(=O)c1cc(N)ccc1SCCC(=O)OC. The molecule has 0 aliphatic carbocycles. The molecule has 0 amide bonds. The van der Waals surface area contributed by atoms with Crippen molar-refractivity contribution in [3.8, 4) is 0 Å². The molecule has 0 aliphatic rings. The molecule has 0 unspecified atom stereocenters. The van der Waals surface area contributed by atoms with Crippen LogP contribution < -0.4 is 5.73 Å². The summed E-state index contributed by atoms with van der Waals surface area (Å²) in [5.41, 5.74) is 6.60. The van der Waals surface area contributed by atoms with Crippen LogP contribution in [0.3, 0.4) is 0 Å². The van der Waals surface area contributed by atoms with Crippen molar-refractivity contribution >= 4 is 29.4 Å². The first kappa shape index (κ1) is 15.4. The molecule has 0 radical (unpaired) electrons. The first-order valence-electron chi connectivity index (χ1n) is 5.84. The van der Waals surface area contributed by atoms with Crippen molar-refractivity contribution in [1.82, 2.24) is 0 Å². The monoisotopic (exact) mass is 283 g/mol. The first-order valence-corrected chi connectivity index (χ1v) is 6.83. The van der Waals surface area contributed by atoms with E-state index in [2.05, 4.69) is 4.74 Å². The van der Waals surface area contributed by atoms with Crippen molar-refractivity contribution in [1.29, 1.82) is 0 Å². The Hall–Kier alpha value is -1.69. The third-order valence-electron chi connectivity index (χ3n) is 2.29. The van der Waals surface area contributed by atoms with E-state index in [1.165, 1.54) is 18.9 Å². The second-order valence-electron chi connectivity index (χ2n) is 3.65. The van der Waals surface area contributed by atoms with Gasteiger partial charge in [-0.3, -0.25) is 4.79 Å². The highest BCUT2D eigenvalue weighted by molar-refractivity contribution is 7.99. The van der Waals surface area contributed by atoms with Gasteiger partial charge in [-0.15, -0.1) is 11.8 Å². The molecule has 2 N–H and O–H groups in total. The fourth-order valence-electron chi connectivity index (χ4n) is 1.39. The van der Waals surface area contributed by atoms with Crippen molar-refractivity contribution in [2.45, 2.75) is 18.2 Å². The van der Waals surface area contributed by atoms with E-state index in [1.54, 1.807) is 25.1 Å². The Morgan fingerprint density at radius 2 is 2.11 bits per heavy atom. The molecular weight excluding hydrogens is 266 g/mol. The summed E-state index contributed by atoms with van der Waals surface area (Å²) in [6.45, 7) is 2.05. The van der Waals surface area contributed by atoms with E-state index in [0.717, 1.165) is 4.90 Å². The summed E-state index contributed by atoms with van der Waals surface area (Å²) in [5, 5.41) is 0. The Morgan fingerprint density at radius 1 is 1.37 bits per heavy atom. The fourth-order valence-corrected chi connectivity index (χ4v) is 2.34. The van der Waals surface area contributed by atoms with Gasteiger partial charge in [-0.2, -0.15) is 0 Å². The van der Waals surface area contributed by atoms with Crippen LogP contribution in [0.4, 0.5) is 5.69 Å². The fraction of sp³-hybridized carbons (Fsp3) is 0.385. The second kappa shape index (κ2) is 7.68. The Kier molecular flexibility index (Phi) is 6.21. The molecular formula is C13H17NO4S. The third-order valence-corrected chi connectivity index (χ3v) is 3.37. The molecule has 6 heteroatoms. The average Bonchev–Trinajstić information content (AvgIpc) is 2.40. The van der Waals surface area contributed by atoms with E-state index in [1.807, 2.05) is 0 Å². The van der Waals surface area contributed by atoms with Gasteiger partial charge in [-0.1, -0.05) is 0 Å². The molecule has 104 valence electrons. The minimum atomic E-state index is -0.407. The number of hydrogen-bond donors (Lipinski definition) is 1. The van der Waals surface area contributed by atoms with Crippen LogP contribution in [0.5, 0.6) is 0 Å². The van der Waals surface area contributed by atoms with E-state index < -0.39 is 5.97 Å². The third kappa shape index (κ3) is 4.82. The second-order valence-corrected chi connectivity index (χ2v) is 4.79. The van der Waals surface area contributed by atoms with Crippen molar-refractivity contribution in [3.05, 3.63) is 23.8 Å². The maximum Gasteiger partial charge on any atom is 0.339 e. The topological polar surface area (TPSA) is 78.6 Å². The van der Waals surface area contributed by atoms with Gasteiger partial charge < -0.3 is 15.2 Å². The molecule has 0 spiro atoms. The van der Waals surface area contributed by atoms with Crippen molar-refractivity contribution in [3.63, 3.8) is 0 Å². The van der Waals surface area contributed by atoms with Gasteiger partial charge in [0, 0.05) is 16.3 Å². The minimum Gasteiger partial charge on any atom is -0.469 e. The van der Waals surface area contributed by atoms with Gasteiger partial charge in [0.05, 0.1) is 25.7 Å². The van der Waals surface area contributed by atoms with Crippen LogP contribution in [0.25, 0.3) is 0 Å².